The van der Waals surface area contributed by atoms with Gasteiger partial charge in [0.2, 0.25) is 10.0 Å². The van der Waals surface area contributed by atoms with Gasteiger partial charge in [-0.3, -0.25) is 0 Å². The molecule has 0 radical (unpaired) electrons. The lowest BCUT2D eigenvalue weighted by Gasteiger charge is -2.10. The minimum Gasteiger partial charge on any atom is -0.492 e. The van der Waals surface area contributed by atoms with E-state index in [2.05, 4.69) is 4.72 Å². The topological polar surface area (TPSA) is 89.5 Å². The number of aryl methyl sites for hydroxylation is 1. The number of sulfonamides is 1. The molecule has 0 spiro atoms. The summed E-state index contributed by atoms with van der Waals surface area (Å²) in [5, 5.41) is 0.573. The van der Waals surface area contributed by atoms with Crippen LogP contribution in [0.1, 0.15) is 5.56 Å². The third-order valence-electron chi connectivity index (χ3n) is 3.37. The summed E-state index contributed by atoms with van der Waals surface area (Å²) < 4.78 is 55.0. The number of benzene rings is 2. The van der Waals surface area contributed by atoms with Crippen molar-refractivity contribution < 1.29 is 21.6 Å². The second-order valence-corrected chi connectivity index (χ2v) is 9.59. The van der Waals surface area contributed by atoms with Crippen molar-refractivity contribution in [3.63, 3.8) is 0 Å². The quantitative estimate of drug-likeness (QED) is 0.717. The number of hydrogen-bond donors (Lipinski definition) is 1. The first-order valence-corrected chi connectivity index (χ1v) is 11.0. The van der Waals surface area contributed by atoms with Gasteiger partial charge in [-0.05, 0) is 48.9 Å². The van der Waals surface area contributed by atoms with Crippen molar-refractivity contribution in [2.45, 2.75) is 16.7 Å². The number of hydrogen-bond acceptors (Lipinski definition) is 5. The molecule has 25 heavy (non-hydrogen) atoms. The van der Waals surface area contributed by atoms with Crippen molar-refractivity contribution in [2.75, 3.05) is 19.4 Å². The highest BCUT2D eigenvalue weighted by Crippen LogP contribution is 2.21. The zero-order valence-corrected chi connectivity index (χ0v) is 16.1. The van der Waals surface area contributed by atoms with Gasteiger partial charge in [-0.25, -0.2) is 21.6 Å². The van der Waals surface area contributed by atoms with Crippen molar-refractivity contribution in [3.8, 4) is 5.75 Å². The molecule has 2 aromatic carbocycles. The van der Waals surface area contributed by atoms with Crippen LogP contribution in [0.5, 0.6) is 5.75 Å². The summed E-state index contributed by atoms with van der Waals surface area (Å²) in [5.74, 6) is 0.548. The third-order valence-corrected chi connectivity index (χ3v) is 6.38. The zero-order valence-electron chi connectivity index (χ0n) is 13.7. The van der Waals surface area contributed by atoms with Crippen molar-refractivity contribution in [2.24, 2.45) is 0 Å². The van der Waals surface area contributed by atoms with Gasteiger partial charge in [0, 0.05) is 17.8 Å². The van der Waals surface area contributed by atoms with Gasteiger partial charge in [0.15, 0.2) is 9.84 Å². The van der Waals surface area contributed by atoms with Crippen LogP contribution in [0.25, 0.3) is 0 Å². The first-order chi connectivity index (χ1) is 11.6. The van der Waals surface area contributed by atoms with E-state index in [4.69, 9.17) is 16.3 Å². The average molecular weight is 404 g/mol. The molecule has 0 fully saturated rings. The Morgan fingerprint density at radius 3 is 2.16 bits per heavy atom. The van der Waals surface area contributed by atoms with Gasteiger partial charge in [0.25, 0.3) is 0 Å². The summed E-state index contributed by atoms with van der Waals surface area (Å²) in [6.45, 7) is 2.05. The average Bonchev–Trinajstić information content (AvgIpc) is 2.54. The molecular formula is C16H18ClNO5S2. The van der Waals surface area contributed by atoms with E-state index in [9.17, 15) is 16.8 Å². The van der Waals surface area contributed by atoms with Crippen molar-refractivity contribution in [1.29, 1.82) is 0 Å². The fourth-order valence-electron chi connectivity index (χ4n) is 1.96. The number of ether oxygens (including phenoxy) is 1. The molecule has 1 N–H and O–H groups in total. The maximum absolute atomic E-state index is 12.2. The van der Waals surface area contributed by atoms with Gasteiger partial charge in [-0.2, -0.15) is 0 Å². The van der Waals surface area contributed by atoms with Crippen LogP contribution in [0.15, 0.2) is 52.3 Å². The Kier molecular flexibility index (Phi) is 6.10. The summed E-state index contributed by atoms with van der Waals surface area (Å²) in [6, 6.07) is 10.2. The standard InChI is InChI=1S/C16H18ClNO5S2/c1-12-3-4-13(11-16(12)17)23-10-9-18-25(21,22)15-7-5-14(6-8-15)24(2,19)20/h3-8,11,18H,9-10H2,1-2H3. The lowest BCUT2D eigenvalue weighted by Crippen LogP contribution is -2.28. The van der Waals surface area contributed by atoms with Gasteiger partial charge >= 0.3 is 0 Å². The van der Waals surface area contributed by atoms with Gasteiger partial charge in [-0.1, -0.05) is 17.7 Å². The number of nitrogens with one attached hydrogen (secondary N) is 1. The van der Waals surface area contributed by atoms with Crippen molar-refractivity contribution >= 4 is 31.5 Å². The van der Waals surface area contributed by atoms with E-state index in [1.54, 1.807) is 12.1 Å². The van der Waals surface area contributed by atoms with E-state index in [1.807, 2.05) is 13.0 Å². The van der Waals surface area contributed by atoms with Crippen LogP contribution in [-0.4, -0.2) is 36.2 Å². The summed E-state index contributed by atoms with van der Waals surface area (Å²) >= 11 is 5.99. The van der Waals surface area contributed by atoms with Crippen molar-refractivity contribution in [1.82, 2.24) is 4.72 Å². The predicted molar refractivity (Wildman–Crippen MR) is 96.4 cm³/mol. The maximum atomic E-state index is 12.2. The predicted octanol–water partition coefficient (Wildman–Crippen LogP) is 2.41. The fourth-order valence-corrected chi connectivity index (χ4v) is 3.77. The van der Waals surface area contributed by atoms with Crippen LogP contribution >= 0.6 is 11.6 Å². The zero-order chi connectivity index (χ0) is 18.7. The molecule has 2 aromatic rings. The summed E-state index contributed by atoms with van der Waals surface area (Å²) in [7, 11) is -7.11. The lowest BCUT2D eigenvalue weighted by molar-refractivity contribution is 0.323. The van der Waals surface area contributed by atoms with E-state index in [0.29, 0.717) is 10.8 Å². The molecule has 0 bridgehead atoms. The largest absolute Gasteiger partial charge is 0.492 e. The highest BCUT2D eigenvalue weighted by Gasteiger charge is 2.15. The molecule has 0 atom stereocenters. The monoisotopic (exact) mass is 403 g/mol. The van der Waals surface area contributed by atoms with Crippen LogP contribution in [0.3, 0.4) is 0 Å². The first kappa shape index (κ1) is 19.7. The third kappa shape index (κ3) is 5.43. The Balaban J connectivity index is 1.94. The van der Waals surface area contributed by atoms with Crippen LogP contribution in [0.4, 0.5) is 0 Å². The van der Waals surface area contributed by atoms with Crippen LogP contribution in [0.2, 0.25) is 5.02 Å². The Labute approximate surface area is 152 Å². The van der Waals surface area contributed by atoms with Gasteiger partial charge in [0.05, 0.1) is 9.79 Å². The molecule has 0 aliphatic rings. The SMILES string of the molecule is Cc1ccc(OCCNS(=O)(=O)c2ccc(S(C)(=O)=O)cc2)cc1Cl. The van der Waals surface area contributed by atoms with Crippen molar-refractivity contribution in [3.05, 3.63) is 53.1 Å². The second kappa shape index (κ2) is 7.74. The second-order valence-electron chi connectivity index (χ2n) is 5.40. The molecule has 2 rings (SSSR count). The number of halogens is 1. The molecule has 0 aliphatic carbocycles. The van der Waals surface area contributed by atoms with E-state index < -0.39 is 19.9 Å². The molecule has 0 unspecified atom stereocenters. The molecule has 0 aromatic heterocycles. The minimum absolute atomic E-state index is 0.0155. The van der Waals surface area contributed by atoms with Crippen LogP contribution in [0, 0.1) is 6.92 Å². The Hall–Kier alpha value is -1.61. The highest BCUT2D eigenvalue weighted by atomic mass is 35.5. The number of sulfone groups is 1. The molecule has 0 heterocycles. The number of rotatable bonds is 7. The molecular weight excluding hydrogens is 386 g/mol. The first-order valence-electron chi connectivity index (χ1n) is 7.28. The molecule has 0 saturated carbocycles. The van der Waals surface area contributed by atoms with E-state index >= 15 is 0 Å². The van der Waals surface area contributed by atoms with E-state index in [-0.39, 0.29) is 22.9 Å². The normalized spacial score (nSPS) is 12.1. The summed E-state index contributed by atoms with van der Waals surface area (Å²) in [6.07, 6.45) is 1.06. The van der Waals surface area contributed by atoms with Gasteiger partial charge in [0.1, 0.15) is 12.4 Å². The van der Waals surface area contributed by atoms with Gasteiger partial charge < -0.3 is 4.74 Å². The van der Waals surface area contributed by atoms with E-state index in [1.165, 1.54) is 24.3 Å². The van der Waals surface area contributed by atoms with Gasteiger partial charge in [-0.15, -0.1) is 0 Å². The van der Waals surface area contributed by atoms with Crippen LogP contribution in [-0.2, 0) is 19.9 Å². The van der Waals surface area contributed by atoms with Crippen LogP contribution < -0.4 is 9.46 Å². The summed E-state index contributed by atoms with van der Waals surface area (Å²) in [4.78, 5) is 0.0457. The highest BCUT2D eigenvalue weighted by molar-refractivity contribution is 7.90. The molecule has 6 nitrogen and oxygen atoms in total. The maximum Gasteiger partial charge on any atom is 0.240 e. The smallest absolute Gasteiger partial charge is 0.240 e. The Morgan fingerprint density at radius 2 is 1.60 bits per heavy atom. The summed E-state index contributed by atoms with van der Waals surface area (Å²) in [5.41, 5.74) is 0.923. The molecule has 0 amide bonds. The molecule has 9 heteroatoms. The molecule has 0 saturated heterocycles. The lowest BCUT2D eigenvalue weighted by atomic mass is 10.2. The molecule has 0 aliphatic heterocycles. The minimum atomic E-state index is -3.74. The molecule has 136 valence electrons. The Morgan fingerprint density at radius 1 is 1.00 bits per heavy atom. The van der Waals surface area contributed by atoms with E-state index in [0.717, 1.165) is 11.8 Å². The Bertz CT molecular complexity index is 955. The fraction of sp³-hybridized carbons (Fsp3) is 0.250.